The Kier molecular flexibility index (Phi) is 6.44. The van der Waals surface area contributed by atoms with Gasteiger partial charge in [-0.2, -0.15) is 0 Å². The Morgan fingerprint density at radius 2 is 1.94 bits per heavy atom. The smallest absolute Gasteiger partial charge is 0.241 e. The van der Waals surface area contributed by atoms with Gasteiger partial charge in [0, 0.05) is 6.04 Å². The number of benzene rings is 1. The normalized spacial score (nSPS) is 13.9. The Labute approximate surface area is 110 Å². The lowest BCUT2D eigenvalue weighted by atomic mass is 10.1. The first kappa shape index (κ1) is 14.7. The molecule has 0 saturated heterocycles. The molecule has 0 saturated carbocycles. The van der Waals surface area contributed by atoms with Crippen molar-refractivity contribution in [3.05, 3.63) is 35.9 Å². The van der Waals surface area contributed by atoms with Crippen molar-refractivity contribution < 1.29 is 4.79 Å². The summed E-state index contributed by atoms with van der Waals surface area (Å²) in [5.74, 6) is -0.0924. The topological polar surface area (TPSA) is 55.1 Å². The lowest BCUT2D eigenvalue weighted by Gasteiger charge is -2.17. The summed E-state index contributed by atoms with van der Waals surface area (Å²) >= 11 is 0. The molecule has 18 heavy (non-hydrogen) atoms. The molecule has 1 aromatic carbocycles. The fourth-order valence-corrected chi connectivity index (χ4v) is 1.92. The monoisotopic (exact) mass is 248 g/mol. The van der Waals surface area contributed by atoms with Crippen LogP contribution in [0.25, 0.3) is 0 Å². The van der Waals surface area contributed by atoms with Crippen LogP contribution in [0.15, 0.2) is 30.3 Å². The van der Waals surface area contributed by atoms with Crippen molar-refractivity contribution in [2.45, 2.75) is 51.6 Å². The van der Waals surface area contributed by atoms with Gasteiger partial charge in [0.15, 0.2) is 0 Å². The zero-order valence-corrected chi connectivity index (χ0v) is 11.4. The van der Waals surface area contributed by atoms with E-state index in [0.29, 0.717) is 0 Å². The summed E-state index contributed by atoms with van der Waals surface area (Å²) in [7, 11) is 0. The molecule has 0 aliphatic carbocycles. The maximum Gasteiger partial charge on any atom is 0.241 e. The van der Waals surface area contributed by atoms with Gasteiger partial charge in [-0.05, 0) is 18.9 Å². The SMILES string of the molecule is CCCCCC(C)NC(=O)[C@@H](N)c1ccccc1. The first-order chi connectivity index (χ1) is 8.65. The van der Waals surface area contributed by atoms with E-state index in [9.17, 15) is 4.79 Å². The predicted octanol–water partition coefficient (Wildman–Crippen LogP) is 2.77. The molecule has 3 nitrogen and oxygen atoms in total. The number of unbranched alkanes of at least 4 members (excludes halogenated alkanes) is 2. The van der Waals surface area contributed by atoms with Crippen LogP contribution < -0.4 is 11.1 Å². The fourth-order valence-electron chi connectivity index (χ4n) is 1.92. The van der Waals surface area contributed by atoms with Gasteiger partial charge in [0.2, 0.25) is 5.91 Å². The molecule has 0 bridgehead atoms. The highest BCUT2D eigenvalue weighted by Crippen LogP contribution is 2.10. The number of nitrogens with two attached hydrogens (primary N) is 1. The van der Waals surface area contributed by atoms with Gasteiger partial charge in [-0.15, -0.1) is 0 Å². The molecular formula is C15H24N2O. The maximum atomic E-state index is 12.0. The average Bonchev–Trinajstić information content (AvgIpc) is 2.39. The van der Waals surface area contributed by atoms with Gasteiger partial charge in [0.1, 0.15) is 6.04 Å². The van der Waals surface area contributed by atoms with Crippen LogP contribution in [0.1, 0.15) is 51.1 Å². The van der Waals surface area contributed by atoms with Gasteiger partial charge >= 0.3 is 0 Å². The van der Waals surface area contributed by atoms with E-state index in [2.05, 4.69) is 12.2 Å². The van der Waals surface area contributed by atoms with E-state index in [1.807, 2.05) is 37.3 Å². The summed E-state index contributed by atoms with van der Waals surface area (Å²) in [6.07, 6.45) is 4.58. The second-order valence-electron chi connectivity index (χ2n) is 4.79. The zero-order valence-electron chi connectivity index (χ0n) is 11.4. The number of hydrogen-bond donors (Lipinski definition) is 2. The van der Waals surface area contributed by atoms with Crippen LogP contribution in [0.2, 0.25) is 0 Å². The summed E-state index contributed by atoms with van der Waals surface area (Å²) in [6.45, 7) is 4.21. The van der Waals surface area contributed by atoms with E-state index in [0.717, 1.165) is 18.4 Å². The van der Waals surface area contributed by atoms with Gasteiger partial charge in [-0.3, -0.25) is 4.79 Å². The summed E-state index contributed by atoms with van der Waals surface area (Å²) in [4.78, 5) is 12.0. The number of amides is 1. The van der Waals surface area contributed by atoms with E-state index in [4.69, 9.17) is 5.73 Å². The Balaban J connectivity index is 2.40. The molecule has 0 aliphatic rings. The third-order valence-electron chi connectivity index (χ3n) is 3.07. The second-order valence-corrected chi connectivity index (χ2v) is 4.79. The van der Waals surface area contributed by atoms with Crippen molar-refractivity contribution in [2.75, 3.05) is 0 Å². The third-order valence-corrected chi connectivity index (χ3v) is 3.07. The minimum atomic E-state index is -0.570. The van der Waals surface area contributed by atoms with Gasteiger partial charge in [-0.25, -0.2) is 0 Å². The third kappa shape index (κ3) is 4.88. The quantitative estimate of drug-likeness (QED) is 0.729. The summed E-state index contributed by atoms with van der Waals surface area (Å²) in [6, 6.07) is 9.10. The summed E-state index contributed by atoms with van der Waals surface area (Å²) in [5, 5.41) is 2.97. The first-order valence-electron chi connectivity index (χ1n) is 6.76. The average molecular weight is 248 g/mol. The number of carbonyl (C=O) groups excluding carboxylic acids is 1. The molecular weight excluding hydrogens is 224 g/mol. The standard InChI is InChI=1S/C15H24N2O/c1-3-4-6-9-12(2)17-15(18)14(16)13-10-7-5-8-11-13/h5,7-8,10-12,14H,3-4,6,9,16H2,1-2H3,(H,17,18)/t12?,14-/m0/s1. The zero-order chi connectivity index (χ0) is 13.4. The van der Waals surface area contributed by atoms with Crippen LogP contribution in [-0.4, -0.2) is 11.9 Å². The molecule has 1 unspecified atom stereocenters. The Morgan fingerprint density at radius 3 is 2.56 bits per heavy atom. The van der Waals surface area contributed by atoms with Crippen LogP contribution in [-0.2, 0) is 4.79 Å². The van der Waals surface area contributed by atoms with Crippen molar-refractivity contribution in [2.24, 2.45) is 5.73 Å². The van der Waals surface area contributed by atoms with Crippen LogP contribution in [0.5, 0.6) is 0 Å². The molecule has 3 N–H and O–H groups in total. The first-order valence-corrected chi connectivity index (χ1v) is 6.76. The van der Waals surface area contributed by atoms with Gasteiger partial charge in [0.25, 0.3) is 0 Å². The highest BCUT2D eigenvalue weighted by Gasteiger charge is 2.16. The second kappa shape index (κ2) is 7.88. The van der Waals surface area contributed by atoms with Crippen LogP contribution in [0, 0.1) is 0 Å². The molecule has 2 atom stereocenters. The Morgan fingerprint density at radius 1 is 1.28 bits per heavy atom. The minimum Gasteiger partial charge on any atom is -0.352 e. The number of carbonyl (C=O) groups is 1. The van der Waals surface area contributed by atoms with Gasteiger partial charge < -0.3 is 11.1 Å². The Hall–Kier alpha value is -1.35. The van der Waals surface area contributed by atoms with Gasteiger partial charge in [0.05, 0.1) is 0 Å². The molecule has 0 radical (unpaired) electrons. The van der Waals surface area contributed by atoms with Crippen LogP contribution >= 0.6 is 0 Å². The van der Waals surface area contributed by atoms with E-state index < -0.39 is 6.04 Å². The molecule has 0 aliphatic heterocycles. The summed E-state index contributed by atoms with van der Waals surface area (Å²) < 4.78 is 0. The fraction of sp³-hybridized carbons (Fsp3) is 0.533. The molecule has 1 amide bonds. The van der Waals surface area contributed by atoms with E-state index >= 15 is 0 Å². The van der Waals surface area contributed by atoms with Crippen LogP contribution in [0.3, 0.4) is 0 Å². The van der Waals surface area contributed by atoms with Crippen molar-refractivity contribution in [1.29, 1.82) is 0 Å². The summed E-state index contributed by atoms with van der Waals surface area (Å²) in [5.41, 5.74) is 6.79. The number of hydrogen-bond acceptors (Lipinski definition) is 2. The lowest BCUT2D eigenvalue weighted by molar-refractivity contribution is -0.123. The van der Waals surface area contributed by atoms with Crippen molar-refractivity contribution in [3.63, 3.8) is 0 Å². The van der Waals surface area contributed by atoms with E-state index in [-0.39, 0.29) is 11.9 Å². The maximum absolute atomic E-state index is 12.0. The van der Waals surface area contributed by atoms with Crippen molar-refractivity contribution >= 4 is 5.91 Å². The molecule has 0 aromatic heterocycles. The van der Waals surface area contributed by atoms with Crippen molar-refractivity contribution in [3.8, 4) is 0 Å². The molecule has 0 spiro atoms. The molecule has 1 rings (SSSR count). The van der Waals surface area contributed by atoms with Gasteiger partial charge in [-0.1, -0.05) is 56.5 Å². The highest BCUT2D eigenvalue weighted by atomic mass is 16.2. The number of rotatable bonds is 7. The lowest BCUT2D eigenvalue weighted by Crippen LogP contribution is -2.39. The van der Waals surface area contributed by atoms with Crippen molar-refractivity contribution in [1.82, 2.24) is 5.32 Å². The Bertz CT molecular complexity index is 351. The van der Waals surface area contributed by atoms with E-state index in [1.54, 1.807) is 0 Å². The molecule has 0 fully saturated rings. The predicted molar refractivity (Wildman–Crippen MR) is 75.1 cm³/mol. The molecule has 100 valence electrons. The van der Waals surface area contributed by atoms with E-state index in [1.165, 1.54) is 12.8 Å². The van der Waals surface area contributed by atoms with Crippen LogP contribution in [0.4, 0.5) is 0 Å². The molecule has 0 heterocycles. The highest BCUT2D eigenvalue weighted by molar-refractivity contribution is 5.83. The molecule has 1 aromatic rings. The minimum absolute atomic E-state index is 0.0924. The molecule has 3 heteroatoms. The largest absolute Gasteiger partial charge is 0.352 e. The number of nitrogens with one attached hydrogen (secondary N) is 1.